The lowest BCUT2D eigenvalue weighted by atomic mass is 10.1. The van der Waals surface area contributed by atoms with E-state index in [0.29, 0.717) is 0 Å². The molecule has 1 atom stereocenters. The Bertz CT molecular complexity index is 344. The average molecular weight is 248 g/mol. The van der Waals surface area contributed by atoms with Crippen molar-refractivity contribution >= 4 is 35.4 Å². The number of hydrogen-bond acceptors (Lipinski definition) is 4. The second kappa shape index (κ2) is 5.45. The Balaban J connectivity index is 2.42. The quantitative estimate of drug-likeness (QED) is 0.424. The first-order valence-corrected chi connectivity index (χ1v) is 5.06. The number of amides is 5. The second-order valence-corrected chi connectivity index (χ2v) is 3.43. The lowest BCUT2D eigenvalue weighted by Crippen LogP contribution is -2.55. The molecule has 1 unspecified atom stereocenters. The molecule has 0 aromatic heterocycles. The summed E-state index contributed by atoms with van der Waals surface area (Å²) in [5, 5.41) is 6.25. The van der Waals surface area contributed by atoms with E-state index in [1.807, 2.05) is 5.32 Å². The number of hydrogen-bond donors (Lipinski definition) is 3. The predicted molar refractivity (Wildman–Crippen MR) is 53.6 cm³/mol. The number of urea groups is 1. The topological polar surface area (TPSA) is 104 Å². The van der Waals surface area contributed by atoms with E-state index in [9.17, 15) is 19.2 Å². The molecule has 16 heavy (non-hydrogen) atoms. The van der Waals surface area contributed by atoms with Crippen molar-refractivity contribution in [1.82, 2.24) is 16.0 Å². The van der Waals surface area contributed by atoms with E-state index in [4.69, 9.17) is 11.6 Å². The molecule has 0 aromatic rings. The molecule has 5 amide bonds. The number of imide groups is 2. The van der Waals surface area contributed by atoms with Gasteiger partial charge in [0, 0.05) is 6.42 Å². The van der Waals surface area contributed by atoms with Crippen LogP contribution in [0.5, 0.6) is 0 Å². The van der Waals surface area contributed by atoms with Gasteiger partial charge < -0.3 is 5.32 Å². The summed E-state index contributed by atoms with van der Waals surface area (Å²) in [6, 6.07) is -1.61. The summed E-state index contributed by atoms with van der Waals surface area (Å²) in [5.41, 5.74) is 0. The van der Waals surface area contributed by atoms with Crippen LogP contribution < -0.4 is 16.0 Å². The standard InChI is InChI=1S/C8H10ClN3O4/c9-3-6(14)12-8(16)10-4-1-2-5(13)11-7(4)15/h4H,1-3H2,(H,11,13,15)(H2,10,12,14,16). The SMILES string of the molecule is O=C(CCl)NC(=O)NC1CCC(=O)NC1=O. The van der Waals surface area contributed by atoms with E-state index >= 15 is 0 Å². The molecule has 1 aliphatic rings. The Labute approximate surface area is 95.9 Å². The van der Waals surface area contributed by atoms with Gasteiger partial charge in [-0.15, -0.1) is 11.6 Å². The molecule has 1 heterocycles. The number of halogens is 1. The van der Waals surface area contributed by atoms with E-state index in [-0.39, 0.29) is 24.6 Å². The van der Waals surface area contributed by atoms with Gasteiger partial charge >= 0.3 is 6.03 Å². The Kier molecular flexibility index (Phi) is 4.24. The first-order valence-electron chi connectivity index (χ1n) is 4.53. The van der Waals surface area contributed by atoms with Crippen LogP contribution in [0, 0.1) is 0 Å². The zero-order chi connectivity index (χ0) is 12.1. The minimum Gasteiger partial charge on any atom is -0.326 e. The smallest absolute Gasteiger partial charge is 0.322 e. The number of rotatable bonds is 2. The van der Waals surface area contributed by atoms with Crippen molar-refractivity contribution in [1.29, 1.82) is 0 Å². The number of nitrogens with one attached hydrogen (secondary N) is 3. The van der Waals surface area contributed by atoms with E-state index in [1.54, 1.807) is 0 Å². The third-order valence-electron chi connectivity index (χ3n) is 1.92. The molecule has 1 aliphatic heterocycles. The molecule has 0 bridgehead atoms. The van der Waals surface area contributed by atoms with Crippen molar-refractivity contribution in [3.8, 4) is 0 Å². The van der Waals surface area contributed by atoms with Crippen LogP contribution in [0.4, 0.5) is 4.79 Å². The largest absolute Gasteiger partial charge is 0.326 e. The van der Waals surface area contributed by atoms with Crippen LogP contribution in [0.3, 0.4) is 0 Å². The van der Waals surface area contributed by atoms with Crippen molar-refractivity contribution in [3.05, 3.63) is 0 Å². The molecular formula is C8H10ClN3O4. The lowest BCUT2D eigenvalue weighted by molar-refractivity contribution is -0.134. The Morgan fingerprint density at radius 1 is 1.44 bits per heavy atom. The van der Waals surface area contributed by atoms with Crippen LogP contribution in [-0.4, -0.2) is 35.7 Å². The summed E-state index contributed by atoms with van der Waals surface area (Å²) in [6.07, 6.45) is 0.368. The molecule has 8 heteroatoms. The third kappa shape index (κ3) is 3.50. The second-order valence-electron chi connectivity index (χ2n) is 3.16. The summed E-state index contributed by atoms with van der Waals surface area (Å²) in [6.45, 7) is 0. The molecule has 1 saturated heterocycles. The Morgan fingerprint density at radius 3 is 2.69 bits per heavy atom. The zero-order valence-corrected chi connectivity index (χ0v) is 8.97. The third-order valence-corrected chi connectivity index (χ3v) is 2.16. The average Bonchev–Trinajstić information content (AvgIpc) is 2.22. The monoisotopic (exact) mass is 247 g/mol. The number of piperidine rings is 1. The van der Waals surface area contributed by atoms with Crippen molar-refractivity contribution < 1.29 is 19.2 Å². The highest BCUT2D eigenvalue weighted by molar-refractivity contribution is 6.28. The maximum absolute atomic E-state index is 11.2. The number of alkyl halides is 1. The van der Waals surface area contributed by atoms with Crippen LogP contribution in [0.2, 0.25) is 0 Å². The summed E-state index contributed by atoms with van der Waals surface area (Å²) in [4.78, 5) is 43.9. The highest BCUT2D eigenvalue weighted by Gasteiger charge is 2.27. The normalized spacial score (nSPS) is 19.9. The minimum absolute atomic E-state index is 0.153. The Morgan fingerprint density at radius 2 is 2.12 bits per heavy atom. The maximum atomic E-state index is 11.2. The first kappa shape index (κ1) is 12.4. The van der Waals surface area contributed by atoms with Gasteiger partial charge in [-0.2, -0.15) is 0 Å². The van der Waals surface area contributed by atoms with Crippen LogP contribution in [0.15, 0.2) is 0 Å². The lowest BCUT2D eigenvalue weighted by Gasteiger charge is -2.21. The zero-order valence-electron chi connectivity index (χ0n) is 8.21. The summed E-state index contributed by atoms with van der Waals surface area (Å²) >= 11 is 5.17. The van der Waals surface area contributed by atoms with Crippen LogP contribution in [-0.2, 0) is 14.4 Å². The molecule has 0 aromatic carbocycles. The summed E-state index contributed by atoms with van der Waals surface area (Å²) < 4.78 is 0. The molecule has 0 radical (unpaired) electrons. The maximum Gasteiger partial charge on any atom is 0.322 e. The van der Waals surface area contributed by atoms with Crippen molar-refractivity contribution in [3.63, 3.8) is 0 Å². The van der Waals surface area contributed by atoms with E-state index in [1.165, 1.54) is 0 Å². The minimum atomic E-state index is -0.805. The van der Waals surface area contributed by atoms with Gasteiger partial charge in [-0.1, -0.05) is 0 Å². The number of carbonyl (C=O) groups excluding carboxylic acids is 4. The fourth-order valence-electron chi connectivity index (χ4n) is 1.19. The molecule has 0 aliphatic carbocycles. The highest BCUT2D eigenvalue weighted by atomic mass is 35.5. The predicted octanol–water partition coefficient (Wildman–Crippen LogP) is -1.14. The van der Waals surface area contributed by atoms with Crippen LogP contribution in [0.25, 0.3) is 0 Å². The van der Waals surface area contributed by atoms with Gasteiger partial charge in [0.15, 0.2) is 0 Å². The van der Waals surface area contributed by atoms with Gasteiger partial charge in [0.2, 0.25) is 17.7 Å². The fourth-order valence-corrected chi connectivity index (χ4v) is 1.25. The molecule has 0 spiro atoms. The van der Waals surface area contributed by atoms with Gasteiger partial charge in [-0.05, 0) is 6.42 Å². The summed E-state index contributed by atoms with van der Waals surface area (Å²) in [7, 11) is 0. The summed E-state index contributed by atoms with van der Waals surface area (Å²) in [5.74, 6) is -1.96. The van der Waals surface area contributed by atoms with Gasteiger partial charge in [0.1, 0.15) is 11.9 Å². The molecule has 1 fully saturated rings. The van der Waals surface area contributed by atoms with Gasteiger partial charge in [-0.3, -0.25) is 25.0 Å². The van der Waals surface area contributed by atoms with Crippen molar-refractivity contribution in [2.75, 3.05) is 5.88 Å². The molecular weight excluding hydrogens is 238 g/mol. The molecule has 88 valence electrons. The highest BCUT2D eigenvalue weighted by Crippen LogP contribution is 2.03. The van der Waals surface area contributed by atoms with E-state index in [0.717, 1.165) is 0 Å². The van der Waals surface area contributed by atoms with Gasteiger partial charge in [0.25, 0.3) is 0 Å². The van der Waals surface area contributed by atoms with Crippen LogP contribution in [0.1, 0.15) is 12.8 Å². The first-order chi connectivity index (χ1) is 7.52. The Hall–Kier alpha value is -1.63. The molecule has 3 N–H and O–H groups in total. The van der Waals surface area contributed by atoms with Gasteiger partial charge in [0.05, 0.1) is 0 Å². The molecule has 7 nitrogen and oxygen atoms in total. The van der Waals surface area contributed by atoms with Crippen molar-refractivity contribution in [2.45, 2.75) is 18.9 Å². The van der Waals surface area contributed by atoms with Gasteiger partial charge in [-0.25, -0.2) is 4.79 Å². The fraction of sp³-hybridized carbons (Fsp3) is 0.500. The van der Waals surface area contributed by atoms with E-state index < -0.39 is 23.9 Å². The van der Waals surface area contributed by atoms with Crippen LogP contribution >= 0.6 is 11.6 Å². The number of carbonyl (C=O) groups is 4. The van der Waals surface area contributed by atoms with E-state index in [2.05, 4.69) is 10.6 Å². The van der Waals surface area contributed by atoms with Crippen molar-refractivity contribution in [2.24, 2.45) is 0 Å². The molecule has 1 rings (SSSR count). The molecule has 0 saturated carbocycles.